The number of amides is 1. The summed E-state index contributed by atoms with van der Waals surface area (Å²) < 4.78 is 39.3. The minimum atomic E-state index is -1.03. The smallest absolute Gasteiger partial charge is 0.234 e. The largest absolute Gasteiger partial charge is 0.325 e. The van der Waals surface area contributed by atoms with Gasteiger partial charge in [0.05, 0.1) is 16.3 Å². The number of thiazole rings is 1. The number of benzene rings is 2. The van der Waals surface area contributed by atoms with Crippen molar-refractivity contribution in [3.05, 3.63) is 77.7 Å². The number of thioether (sulfide) groups is 1. The van der Waals surface area contributed by atoms with Gasteiger partial charge in [-0.1, -0.05) is 11.8 Å². The monoisotopic (exact) mass is 472 g/mol. The summed E-state index contributed by atoms with van der Waals surface area (Å²) in [7, 11) is 0. The zero-order valence-electron chi connectivity index (χ0n) is 16.6. The van der Waals surface area contributed by atoms with E-state index in [0.29, 0.717) is 10.7 Å². The Bertz CT molecular complexity index is 1260. The van der Waals surface area contributed by atoms with Crippen molar-refractivity contribution in [3.8, 4) is 21.1 Å². The standard InChI is InChI=1S/C22H15F3N4OS2/c1-12-21(32-22(26-12)13-2-4-14(23)5-3-13)18-8-9-20(29-28-18)31-11-19(30)27-15-6-7-16(24)17(25)10-15/h2-10H,11H2,1H3,(H,27,30). The zero-order chi connectivity index (χ0) is 22.7. The van der Waals surface area contributed by atoms with Gasteiger partial charge in [0.1, 0.15) is 21.5 Å². The maximum atomic E-state index is 13.2. The molecule has 0 aliphatic carbocycles. The first-order valence-electron chi connectivity index (χ1n) is 9.34. The Morgan fingerprint density at radius 1 is 1.00 bits per heavy atom. The first-order valence-corrected chi connectivity index (χ1v) is 11.1. The molecule has 10 heteroatoms. The second-order valence-corrected chi connectivity index (χ2v) is 8.66. The molecule has 2 heterocycles. The maximum Gasteiger partial charge on any atom is 0.234 e. The van der Waals surface area contributed by atoms with E-state index < -0.39 is 11.6 Å². The molecule has 0 aliphatic rings. The third-order valence-electron chi connectivity index (χ3n) is 4.31. The van der Waals surface area contributed by atoms with Crippen molar-refractivity contribution in [3.63, 3.8) is 0 Å². The van der Waals surface area contributed by atoms with Crippen LogP contribution in [0.15, 0.2) is 59.6 Å². The van der Waals surface area contributed by atoms with Gasteiger partial charge in [0, 0.05) is 17.3 Å². The lowest BCUT2D eigenvalue weighted by Gasteiger charge is -2.05. The van der Waals surface area contributed by atoms with Crippen LogP contribution in [0.25, 0.3) is 21.1 Å². The normalized spacial score (nSPS) is 10.9. The van der Waals surface area contributed by atoms with Gasteiger partial charge >= 0.3 is 0 Å². The molecule has 0 saturated heterocycles. The van der Waals surface area contributed by atoms with E-state index in [-0.39, 0.29) is 23.2 Å². The Morgan fingerprint density at radius 2 is 1.78 bits per heavy atom. The number of anilines is 1. The van der Waals surface area contributed by atoms with E-state index in [1.165, 1.54) is 41.3 Å². The summed E-state index contributed by atoms with van der Waals surface area (Å²) >= 11 is 2.60. The van der Waals surface area contributed by atoms with Crippen molar-refractivity contribution < 1.29 is 18.0 Å². The van der Waals surface area contributed by atoms with Gasteiger partial charge < -0.3 is 5.32 Å². The molecule has 0 fully saturated rings. The topological polar surface area (TPSA) is 67.8 Å². The summed E-state index contributed by atoms with van der Waals surface area (Å²) in [5.41, 5.74) is 2.42. The molecule has 0 unspecified atom stereocenters. The second kappa shape index (κ2) is 9.49. The molecule has 0 radical (unpaired) electrons. The lowest BCUT2D eigenvalue weighted by Crippen LogP contribution is -2.14. The van der Waals surface area contributed by atoms with Crippen molar-refractivity contribution in [2.75, 3.05) is 11.1 Å². The molecule has 4 aromatic rings. The van der Waals surface area contributed by atoms with E-state index in [4.69, 9.17) is 0 Å². The highest BCUT2D eigenvalue weighted by atomic mass is 32.2. The lowest BCUT2D eigenvalue weighted by atomic mass is 10.2. The molecular weight excluding hydrogens is 457 g/mol. The van der Waals surface area contributed by atoms with E-state index in [0.717, 1.165) is 33.3 Å². The first-order chi connectivity index (χ1) is 15.4. The van der Waals surface area contributed by atoms with Crippen molar-refractivity contribution >= 4 is 34.7 Å². The minimum absolute atomic E-state index is 0.0291. The van der Waals surface area contributed by atoms with Crippen LogP contribution >= 0.6 is 23.1 Å². The van der Waals surface area contributed by atoms with E-state index in [2.05, 4.69) is 20.5 Å². The molecule has 162 valence electrons. The van der Waals surface area contributed by atoms with E-state index in [1.807, 2.05) is 6.92 Å². The summed E-state index contributed by atoms with van der Waals surface area (Å²) in [6.07, 6.45) is 0. The van der Waals surface area contributed by atoms with Crippen LogP contribution in [0.5, 0.6) is 0 Å². The summed E-state index contributed by atoms with van der Waals surface area (Å²) in [6, 6.07) is 12.8. The highest BCUT2D eigenvalue weighted by Gasteiger charge is 2.14. The van der Waals surface area contributed by atoms with Gasteiger partial charge in [0.15, 0.2) is 11.6 Å². The van der Waals surface area contributed by atoms with Crippen LogP contribution in [-0.4, -0.2) is 26.8 Å². The highest BCUT2D eigenvalue weighted by molar-refractivity contribution is 7.99. The van der Waals surface area contributed by atoms with Crippen molar-refractivity contribution in [1.29, 1.82) is 0 Å². The third-order valence-corrected chi connectivity index (χ3v) is 6.46. The van der Waals surface area contributed by atoms with Gasteiger partial charge in [-0.2, -0.15) is 0 Å². The van der Waals surface area contributed by atoms with Crippen molar-refractivity contribution in [1.82, 2.24) is 15.2 Å². The highest BCUT2D eigenvalue weighted by Crippen LogP contribution is 2.34. The summed E-state index contributed by atoms with van der Waals surface area (Å²) in [5.74, 6) is -2.66. The lowest BCUT2D eigenvalue weighted by molar-refractivity contribution is -0.113. The molecule has 1 amide bonds. The van der Waals surface area contributed by atoms with E-state index in [1.54, 1.807) is 24.3 Å². The SMILES string of the molecule is Cc1nc(-c2ccc(F)cc2)sc1-c1ccc(SCC(=O)Nc2ccc(F)c(F)c2)nn1. The average molecular weight is 473 g/mol. The molecule has 4 rings (SSSR count). The summed E-state index contributed by atoms with van der Waals surface area (Å²) in [4.78, 5) is 17.4. The molecule has 32 heavy (non-hydrogen) atoms. The van der Waals surface area contributed by atoms with Crippen molar-refractivity contribution in [2.45, 2.75) is 11.9 Å². The number of hydrogen-bond donors (Lipinski definition) is 1. The molecule has 0 saturated carbocycles. The van der Waals surface area contributed by atoms with E-state index in [9.17, 15) is 18.0 Å². The summed E-state index contributed by atoms with van der Waals surface area (Å²) in [6.45, 7) is 1.87. The number of rotatable bonds is 6. The van der Waals surface area contributed by atoms with Crippen LogP contribution in [0.2, 0.25) is 0 Å². The predicted molar refractivity (Wildman–Crippen MR) is 119 cm³/mol. The number of hydrogen-bond acceptors (Lipinski definition) is 6. The van der Waals surface area contributed by atoms with Gasteiger partial charge in [-0.25, -0.2) is 18.2 Å². The third kappa shape index (κ3) is 5.14. The molecule has 0 spiro atoms. The Morgan fingerprint density at radius 3 is 2.47 bits per heavy atom. The fourth-order valence-corrected chi connectivity index (χ4v) is 4.43. The number of nitrogens with zero attached hydrogens (tertiary/aromatic N) is 3. The number of halogens is 3. The summed E-state index contributed by atoms with van der Waals surface area (Å²) in [5, 5.41) is 12.2. The van der Waals surface area contributed by atoms with Crippen LogP contribution in [0.3, 0.4) is 0 Å². The van der Waals surface area contributed by atoms with Gasteiger partial charge in [-0.15, -0.1) is 21.5 Å². The maximum absolute atomic E-state index is 13.2. The molecular formula is C22H15F3N4OS2. The van der Waals surface area contributed by atoms with Gasteiger partial charge in [0.25, 0.3) is 0 Å². The molecule has 2 aromatic carbocycles. The number of aromatic nitrogens is 3. The minimum Gasteiger partial charge on any atom is -0.325 e. The Labute approximate surface area is 189 Å². The van der Waals surface area contributed by atoms with Crippen LogP contribution in [0, 0.1) is 24.4 Å². The van der Waals surface area contributed by atoms with Crippen LogP contribution in [0.1, 0.15) is 5.69 Å². The Hall–Kier alpha value is -3.24. The molecule has 1 N–H and O–H groups in total. The molecule has 0 aliphatic heterocycles. The Balaban J connectivity index is 1.39. The van der Waals surface area contributed by atoms with Gasteiger partial charge in [0.2, 0.25) is 5.91 Å². The molecule has 2 aromatic heterocycles. The second-order valence-electron chi connectivity index (χ2n) is 6.66. The average Bonchev–Trinajstić information content (AvgIpc) is 3.17. The predicted octanol–water partition coefficient (Wildman–Crippen LogP) is 5.72. The Kier molecular flexibility index (Phi) is 6.52. The number of carbonyl (C=O) groups is 1. The van der Waals surface area contributed by atoms with Crippen LogP contribution < -0.4 is 5.32 Å². The molecule has 0 atom stereocenters. The fourth-order valence-electron chi connectivity index (χ4n) is 2.78. The number of nitrogens with one attached hydrogen (secondary N) is 1. The van der Waals surface area contributed by atoms with E-state index >= 15 is 0 Å². The van der Waals surface area contributed by atoms with Crippen molar-refractivity contribution in [2.24, 2.45) is 0 Å². The molecule has 5 nitrogen and oxygen atoms in total. The number of aryl methyl sites for hydroxylation is 1. The fraction of sp³-hybridized carbons (Fsp3) is 0.0909. The molecule has 0 bridgehead atoms. The first kappa shape index (κ1) is 22.0. The zero-order valence-corrected chi connectivity index (χ0v) is 18.2. The van der Waals surface area contributed by atoms with Gasteiger partial charge in [-0.3, -0.25) is 4.79 Å². The van der Waals surface area contributed by atoms with Gasteiger partial charge in [-0.05, 0) is 55.5 Å². The number of carbonyl (C=O) groups excluding carboxylic acids is 1. The quantitative estimate of drug-likeness (QED) is 0.364. The van der Waals surface area contributed by atoms with Crippen LogP contribution in [0.4, 0.5) is 18.9 Å². The van der Waals surface area contributed by atoms with Crippen LogP contribution in [-0.2, 0) is 4.79 Å².